The van der Waals surface area contributed by atoms with Crippen molar-refractivity contribution in [1.82, 2.24) is 4.98 Å². The molecule has 17 heavy (non-hydrogen) atoms. The van der Waals surface area contributed by atoms with Crippen molar-refractivity contribution in [2.75, 3.05) is 7.11 Å². The van der Waals surface area contributed by atoms with Crippen LogP contribution in [0.15, 0.2) is 30.6 Å². The molecule has 0 aliphatic carbocycles. The monoisotopic (exact) mass is 253 g/mol. The van der Waals surface area contributed by atoms with Gasteiger partial charge in [-0.25, -0.2) is 4.39 Å². The second-order valence-electron chi connectivity index (χ2n) is 3.40. The molecular formula is C12H9ClFNO2. The molecule has 0 fully saturated rings. The molecule has 0 atom stereocenters. The van der Waals surface area contributed by atoms with Gasteiger partial charge in [0, 0.05) is 23.4 Å². The fraction of sp³-hybridized carbons (Fsp3) is 0.0833. The first-order chi connectivity index (χ1) is 8.11. The van der Waals surface area contributed by atoms with Crippen molar-refractivity contribution in [1.29, 1.82) is 0 Å². The van der Waals surface area contributed by atoms with Gasteiger partial charge < -0.3 is 9.84 Å². The number of aromatic hydroxyl groups is 1. The number of hydrogen-bond acceptors (Lipinski definition) is 3. The van der Waals surface area contributed by atoms with Crippen LogP contribution in [0.4, 0.5) is 4.39 Å². The summed E-state index contributed by atoms with van der Waals surface area (Å²) in [6, 6.07) is 4.00. The van der Waals surface area contributed by atoms with E-state index in [-0.39, 0.29) is 10.8 Å². The maximum atomic E-state index is 13.1. The van der Waals surface area contributed by atoms with Gasteiger partial charge in [-0.3, -0.25) is 4.98 Å². The largest absolute Gasteiger partial charge is 0.507 e. The summed E-state index contributed by atoms with van der Waals surface area (Å²) in [6.45, 7) is 0. The highest BCUT2D eigenvalue weighted by Gasteiger charge is 2.10. The Morgan fingerprint density at radius 1 is 1.29 bits per heavy atom. The first-order valence-corrected chi connectivity index (χ1v) is 5.17. The van der Waals surface area contributed by atoms with Crippen LogP contribution in [0.2, 0.25) is 5.02 Å². The molecule has 2 rings (SSSR count). The van der Waals surface area contributed by atoms with Gasteiger partial charge in [-0.15, -0.1) is 0 Å². The van der Waals surface area contributed by atoms with Crippen LogP contribution >= 0.6 is 11.6 Å². The SMILES string of the molecule is COc1cncc(-c2cc(Cl)c(F)cc2O)c1. The van der Waals surface area contributed by atoms with E-state index in [2.05, 4.69) is 4.98 Å². The normalized spacial score (nSPS) is 10.3. The third kappa shape index (κ3) is 2.31. The number of halogens is 2. The molecule has 0 unspecified atom stereocenters. The predicted octanol–water partition coefficient (Wildman–Crippen LogP) is 3.26. The number of benzene rings is 1. The number of aromatic nitrogens is 1. The molecule has 3 nitrogen and oxygen atoms in total. The van der Waals surface area contributed by atoms with E-state index < -0.39 is 5.82 Å². The molecule has 0 saturated carbocycles. The standard InChI is InChI=1S/C12H9ClFNO2/c1-17-8-2-7(5-15-6-8)9-3-10(13)11(14)4-12(9)16/h2-6,16H,1H3. The molecule has 0 bridgehead atoms. The second kappa shape index (κ2) is 4.59. The maximum absolute atomic E-state index is 13.1. The zero-order valence-corrected chi connectivity index (χ0v) is 9.70. The number of ether oxygens (including phenoxy) is 1. The van der Waals surface area contributed by atoms with E-state index in [0.717, 1.165) is 6.07 Å². The van der Waals surface area contributed by atoms with Crippen LogP contribution in [0.25, 0.3) is 11.1 Å². The van der Waals surface area contributed by atoms with Gasteiger partial charge in [0.1, 0.15) is 17.3 Å². The Balaban J connectivity index is 2.56. The Morgan fingerprint density at radius 3 is 2.76 bits per heavy atom. The topological polar surface area (TPSA) is 42.4 Å². The van der Waals surface area contributed by atoms with Crippen LogP contribution < -0.4 is 4.74 Å². The summed E-state index contributed by atoms with van der Waals surface area (Å²) in [5.41, 5.74) is 1.01. The van der Waals surface area contributed by atoms with E-state index in [9.17, 15) is 9.50 Å². The Labute approximate surface area is 102 Å². The Bertz CT molecular complexity index is 560. The highest BCUT2D eigenvalue weighted by molar-refractivity contribution is 6.31. The summed E-state index contributed by atoms with van der Waals surface area (Å²) in [5.74, 6) is -0.312. The zero-order chi connectivity index (χ0) is 12.4. The van der Waals surface area contributed by atoms with Crippen LogP contribution in [0, 0.1) is 5.82 Å². The lowest BCUT2D eigenvalue weighted by atomic mass is 10.1. The van der Waals surface area contributed by atoms with Crippen LogP contribution in [0.3, 0.4) is 0 Å². The lowest BCUT2D eigenvalue weighted by Gasteiger charge is -2.07. The fourth-order valence-corrected chi connectivity index (χ4v) is 1.61. The van der Waals surface area contributed by atoms with E-state index in [0.29, 0.717) is 16.9 Å². The average Bonchev–Trinajstić information content (AvgIpc) is 2.34. The van der Waals surface area contributed by atoms with E-state index in [1.165, 1.54) is 25.6 Å². The Morgan fingerprint density at radius 2 is 2.06 bits per heavy atom. The van der Waals surface area contributed by atoms with Gasteiger partial charge in [0.05, 0.1) is 18.3 Å². The fourth-order valence-electron chi connectivity index (χ4n) is 1.45. The van der Waals surface area contributed by atoms with Crippen LogP contribution in [0.5, 0.6) is 11.5 Å². The second-order valence-corrected chi connectivity index (χ2v) is 3.80. The van der Waals surface area contributed by atoms with E-state index in [1.54, 1.807) is 6.07 Å². The molecule has 0 aliphatic heterocycles. The van der Waals surface area contributed by atoms with Crippen molar-refractivity contribution in [3.05, 3.63) is 41.4 Å². The van der Waals surface area contributed by atoms with Crippen molar-refractivity contribution in [2.45, 2.75) is 0 Å². The van der Waals surface area contributed by atoms with Gasteiger partial charge in [-0.2, -0.15) is 0 Å². The first kappa shape index (κ1) is 11.7. The molecule has 0 spiro atoms. The zero-order valence-electron chi connectivity index (χ0n) is 8.95. The maximum Gasteiger partial charge on any atom is 0.145 e. The third-order valence-corrected chi connectivity index (χ3v) is 2.59. The smallest absolute Gasteiger partial charge is 0.145 e. The van der Waals surface area contributed by atoms with Crippen LogP contribution in [0.1, 0.15) is 0 Å². The molecular weight excluding hydrogens is 245 g/mol. The molecule has 0 amide bonds. The summed E-state index contributed by atoms with van der Waals surface area (Å²) in [4.78, 5) is 3.95. The molecule has 0 radical (unpaired) electrons. The highest BCUT2D eigenvalue weighted by atomic mass is 35.5. The molecule has 1 heterocycles. The Hall–Kier alpha value is -1.81. The minimum Gasteiger partial charge on any atom is -0.507 e. The quantitative estimate of drug-likeness (QED) is 0.893. The number of pyridine rings is 1. The van der Waals surface area contributed by atoms with Gasteiger partial charge >= 0.3 is 0 Å². The van der Waals surface area contributed by atoms with Crippen molar-refractivity contribution < 1.29 is 14.2 Å². The van der Waals surface area contributed by atoms with Crippen LogP contribution in [-0.2, 0) is 0 Å². The summed E-state index contributed by atoms with van der Waals surface area (Å²) >= 11 is 5.67. The number of phenolic OH excluding ortho intramolecular Hbond substituents is 1. The summed E-state index contributed by atoms with van der Waals surface area (Å²) in [5, 5.41) is 9.61. The van der Waals surface area contributed by atoms with Crippen LogP contribution in [-0.4, -0.2) is 17.2 Å². The molecule has 0 saturated heterocycles. The molecule has 1 N–H and O–H groups in total. The molecule has 5 heteroatoms. The number of phenols is 1. The van der Waals surface area contributed by atoms with Gasteiger partial charge in [0.15, 0.2) is 0 Å². The van der Waals surface area contributed by atoms with Crippen molar-refractivity contribution in [2.24, 2.45) is 0 Å². The minimum atomic E-state index is -0.663. The molecule has 88 valence electrons. The Kier molecular flexibility index (Phi) is 3.15. The number of methoxy groups -OCH3 is 1. The number of rotatable bonds is 2. The number of hydrogen-bond donors (Lipinski definition) is 1. The minimum absolute atomic E-state index is 0.0550. The van der Waals surface area contributed by atoms with Gasteiger partial charge in [-0.1, -0.05) is 11.6 Å². The van der Waals surface area contributed by atoms with Gasteiger partial charge in [0.25, 0.3) is 0 Å². The lowest BCUT2D eigenvalue weighted by Crippen LogP contribution is -1.88. The number of nitrogens with zero attached hydrogens (tertiary/aromatic N) is 1. The molecule has 1 aromatic heterocycles. The molecule has 1 aromatic carbocycles. The highest BCUT2D eigenvalue weighted by Crippen LogP contribution is 2.34. The average molecular weight is 254 g/mol. The summed E-state index contributed by atoms with van der Waals surface area (Å²) in [6.07, 6.45) is 3.07. The van der Waals surface area contributed by atoms with Crippen molar-refractivity contribution in [3.63, 3.8) is 0 Å². The van der Waals surface area contributed by atoms with E-state index >= 15 is 0 Å². The van der Waals surface area contributed by atoms with Crippen molar-refractivity contribution in [3.8, 4) is 22.6 Å². The summed E-state index contributed by atoms with van der Waals surface area (Å²) in [7, 11) is 1.51. The van der Waals surface area contributed by atoms with E-state index in [1.807, 2.05) is 0 Å². The molecule has 2 aromatic rings. The first-order valence-electron chi connectivity index (χ1n) is 4.79. The molecule has 0 aliphatic rings. The lowest BCUT2D eigenvalue weighted by molar-refractivity contribution is 0.413. The van der Waals surface area contributed by atoms with Gasteiger partial charge in [-0.05, 0) is 12.1 Å². The predicted molar refractivity (Wildman–Crippen MR) is 62.9 cm³/mol. The van der Waals surface area contributed by atoms with E-state index in [4.69, 9.17) is 16.3 Å². The third-order valence-electron chi connectivity index (χ3n) is 2.30. The van der Waals surface area contributed by atoms with Gasteiger partial charge in [0.2, 0.25) is 0 Å². The van der Waals surface area contributed by atoms with Crippen molar-refractivity contribution >= 4 is 11.6 Å². The summed E-state index contributed by atoms with van der Waals surface area (Å²) < 4.78 is 18.1.